The van der Waals surface area contributed by atoms with Gasteiger partial charge in [0.1, 0.15) is 12.1 Å². The lowest BCUT2D eigenvalue weighted by Crippen LogP contribution is -2.41. The van der Waals surface area contributed by atoms with E-state index in [0.29, 0.717) is 37.1 Å². The largest absolute Gasteiger partial charge is 0.461 e. The summed E-state index contributed by atoms with van der Waals surface area (Å²) in [5, 5.41) is 9.76. The Bertz CT molecular complexity index is 373. The van der Waals surface area contributed by atoms with E-state index in [-0.39, 0.29) is 18.0 Å². The van der Waals surface area contributed by atoms with E-state index in [2.05, 4.69) is 26.1 Å². The zero-order valence-electron chi connectivity index (χ0n) is 14.1. The number of esters is 1. The van der Waals surface area contributed by atoms with E-state index < -0.39 is 6.04 Å². The summed E-state index contributed by atoms with van der Waals surface area (Å²) in [4.78, 5) is 12.2. The van der Waals surface area contributed by atoms with Gasteiger partial charge in [0, 0.05) is 6.54 Å². The van der Waals surface area contributed by atoms with Gasteiger partial charge in [-0.3, -0.25) is 10.2 Å². The molecule has 0 aromatic rings. The van der Waals surface area contributed by atoms with E-state index in [1.165, 1.54) is 6.42 Å². The topological polar surface area (TPSA) is 114 Å². The van der Waals surface area contributed by atoms with Gasteiger partial charge < -0.3 is 21.5 Å². The van der Waals surface area contributed by atoms with E-state index in [1.807, 2.05) is 0 Å². The van der Waals surface area contributed by atoms with Crippen LogP contribution in [-0.4, -0.2) is 30.6 Å². The van der Waals surface area contributed by atoms with Crippen LogP contribution >= 0.6 is 0 Å². The van der Waals surface area contributed by atoms with Gasteiger partial charge in [0.2, 0.25) is 0 Å². The van der Waals surface area contributed by atoms with Crippen LogP contribution in [0.2, 0.25) is 0 Å². The quantitative estimate of drug-likeness (QED) is 0.247. The molecular weight excluding hydrogens is 280 g/mol. The van der Waals surface area contributed by atoms with Gasteiger partial charge in [0.05, 0.1) is 0 Å². The number of carbonyl (C=O) groups is 1. The van der Waals surface area contributed by atoms with Crippen LogP contribution in [-0.2, 0) is 9.53 Å². The fourth-order valence-corrected chi connectivity index (χ4v) is 3.15. The molecule has 6 heteroatoms. The van der Waals surface area contributed by atoms with Crippen molar-refractivity contribution in [1.29, 1.82) is 5.41 Å². The summed E-state index contributed by atoms with van der Waals surface area (Å²) in [5.41, 5.74) is 11.1. The lowest BCUT2D eigenvalue weighted by atomic mass is 9.75. The average Bonchev–Trinajstić information content (AvgIpc) is 2.42. The van der Waals surface area contributed by atoms with Crippen LogP contribution in [0, 0.1) is 23.2 Å². The lowest BCUT2D eigenvalue weighted by Gasteiger charge is -2.37. The highest BCUT2D eigenvalue weighted by Gasteiger charge is 2.34. The fraction of sp³-hybridized carbons (Fsp3) is 0.875. The van der Waals surface area contributed by atoms with Gasteiger partial charge in [0.25, 0.3) is 0 Å². The molecule has 1 rings (SSSR count). The van der Waals surface area contributed by atoms with Crippen LogP contribution in [0.4, 0.5) is 0 Å². The second kappa shape index (κ2) is 8.98. The van der Waals surface area contributed by atoms with E-state index in [0.717, 1.165) is 12.8 Å². The minimum atomic E-state index is -0.598. The van der Waals surface area contributed by atoms with Crippen LogP contribution in [0.3, 0.4) is 0 Å². The summed E-state index contributed by atoms with van der Waals surface area (Å²) in [5.74, 6) is 1.19. The predicted molar refractivity (Wildman–Crippen MR) is 88.3 cm³/mol. The maximum atomic E-state index is 12.2. The Hall–Kier alpha value is -1.30. The van der Waals surface area contributed by atoms with Crippen LogP contribution in [0.25, 0.3) is 0 Å². The Morgan fingerprint density at radius 3 is 2.68 bits per heavy atom. The van der Waals surface area contributed by atoms with Crippen molar-refractivity contribution >= 4 is 11.9 Å². The van der Waals surface area contributed by atoms with Crippen LogP contribution < -0.4 is 16.8 Å². The molecule has 1 saturated carbocycles. The smallest absolute Gasteiger partial charge is 0.323 e. The van der Waals surface area contributed by atoms with Crippen LogP contribution in [0.1, 0.15) is 52.9 Å². The molecule has 0 aliphatic heterocycles. The molecule has 0 aromatic carbocycles. The van der Waals surface area contributed by atoms with E-state index in [4.69, 9.17) is 21.6 Å². The minimum Gasteiger partial charge on any atom is -0.461 e. The fourth-order valence-electron chi connectivity index (χ4n) is 3.15. The second-order valence-corrected chi connectivity index (χ2v) is 6.89. The molecule has 4 unspecified atom stereocenters. The summed E-state index contributed by atoms with van der Waals surface area (Å²) >= 11 is 0. The van der Waals surface area contributed by atoms with Crippen molar-refractivity contribution < 1.29 is 9.53 Å². The first-order valence-corrected chi connectivity index (χ1v) is 8.35. The summed E-state index contributed by atoms with van der Waals surface area (Å²) in [6, 6.07) is -0.598. The van der Waals surface area contributed by atoms with E-state index >= 15 is 0 Å². The van der Waals surface area contributed by atoms with Gasteiger partial charge in [0.15, 0.2) is 5.96 Å². The molecule has 0 spiro atoms. The van der Waals surface area contributed by atoms with E-state index in [9.17, 15) is 4.79 Å². The molecule has 0 heterocycles. The van der Waals surface area contributed by atoms with Crippen LogP contribution in [0.15, 0.2) is 0 Å². The number of guanidine groups is 1. The standard InChI is InChI=1S/C16H32N4O2/c1-10(2)12-7-6-11(3)9-14(12)22-15(21)13(17)5-4-8-20-16(18)19/h10-14H,4-9,17H2,1-3H3,(H4,18,19,20). The molecule has 1 aliphatic rings. The zero-order valence-corrected chi connectivity index (χ0v) is 14.1. The molecule has 6 nitrogen and oxygen atoms in total. The molecule has 128 valence electrons. The van der Waals surface area contributed by atoms with Gasteiger partial charge in [-0.2, -0.15) is 0 Å². The third kappa shape index (κ3) is 6.22. The molecule has 6 N–H and O–H groups in total. The molecule has 4 atom stereocenters. The normalized spacial score (nSPS) is 26.5. The first-order chi connectivity index (χ1) is 10.3. The molecule has 0 radical (unpaired) electrons. The maximum Gasteiger partial charge on any atom is 0.323 e. The number of rotatable bonds is 7. The predicted octanol–water partition coefficient (Wildman–Crippen LogP) is 1.58. The van der Waals surface area contributed by atoms with Crippen molar-refractivity contribution in [1.82, 2.24) is 5.32 Å². The summed E-state index contributed by atoms with van der Waals surface area (Å²) < 4.78 is 5.72. The molecule has 0 saturated heterocycles. The lowest BCUT2D eigenvalue weighted by molar-refractivity contribution is -0.157. The number of nitrogens with one attached hydrogen (secondary N) is 2. The first-order valence-electron chi connectivity index (χ1n) is 8.35. The average molecular weight is 312 g/mol. The molecule has 1 aliphatic carbocycles. The Labute approximate surface area is 133 Å². The third-order valence-electron chi connectivity index (χ3n) is 4.54. The van der Waals surface area contributed by atoms with Gasteiger partial charge in [-0.05, 0) is 43.4 Å². The maximum absolute atomic E-state index is 12.2. The van der Waals surface area contributed by atoms with Gasteiger partial charge in [-0.25, -0.2) is 0 Å². The van der Waals surface area contributed by atoms with Crippen molar-refractivity contribution in [3.05, 3.63) is 0 Å². The van der Waals surface area contributed by atoms with Gasteiger partial charge in [-0.15, -0.1) is 0 Å². The molecular formula is C16H32N4O2. The Balaban J connectivity index is 2.41. The minimum absolute atomic E-state index is 0.00218. The number of nitrogens with two attached hydrogens (primary N) is 2. The van der Waals surface area contributed by atoms with Gasteiger partial charge >= 0.3 is 5.97 Å². The van der Waals surface area contributed by atoms with Gasteiger partial charge in [-0.1, -0.05) is 27.2 Å². The van der Waals surface area contributed by atoms with Crippen molar-refractivity contribution in [3.63, 3.8) is 0 Å². The highest BCUT2D eigenvalue weighted by Crippen LogP contribution is 2.35. The highest BCUT2D eigenvalue weighted by molar-refractivity contribution is 5.75. The number of carbonyl (C=O) groups excluding carboxylic acids is 1. The monoisotopic (exact) mass is 312 g/mol. The molecule has 1 fully saturated rings. The molecule has 0 bridgehead atoms. The molecule has 22 heavy (non-hydrogen) atoms. The Kier molecular flexibility index (Phi) is 7.65. The third-order valence-corrected chi connectivity index (χ3v) is 4.54. The van der Waals surface area contributed by atoms with Crippen molar-refractivity contribution in [2.75, 3.05) is 6.54 Å². The summed E-state index contributed by atoms with van der Waals surface area (Å²) in [6.07, 6.45) is 4.48. The molecule has 0 aromatic heterocycles. The summed E-state index contributed by atoms with van der Waals surface area (Å²) in [6.45, 7) is 7.14. The SMILES string of the molecule is CC1CCC(C(C)C)C(OC(=O)C(N)CCCNC(=N)N)C1. The van der Waals surface area contributed by atoms with Crippen molar-refractivity contribution in [3.8, 4) is 0 Å². The Morgan fingerprint density at radius 1 is 1.41 bits per heavy atom. The zero-order chi connectivity index (χ0) is 16.7. The van der Waals surface area contributed by atoms with Crippen molar-refractivity contribution in [2.45, 2.75) is 65.0 Å². The number of ether oxygens (including phenoxy) is 1. The first kappa shape index (κ1) is 18.7. The highest BCUT2D eigenvalue weighted by atomic mass is 16.5. The van der Waals surface area contributed by atoms with E-state index in [1.54, 1.807) is 0 Å². The molecule has 0 amide bonds. The van der Waals surface area contributed by atoms with Crippen LogP contribution in [0.5, 0.6) is 0 Å². The Morgan fingerprint density at radius 2 is 2.09 bits per heavy atom. The number of hydrogen-bond donors (Lipinski definition) is 4. The summed E-state index contributed by atoms with van der Waals surface area (Å²) in [7, 11) is 0. The van der Waals surface area contributed by atoms with Crippen molar-refractivity contribution in [2.24, 2.45) is 29.2 Å². The second-order valence-electron chi connectivity index (χ2n) is 6.89. The number of hydrogen-bond acceptors (Lipinski definition) is 4.